The molecule has 1 aromatic heterocycles. The number of likely N-dealkylation sites (tertiary alicyclic amines) is 1. The predicted octanol–water partition coefficient (Wildman–Crippen LogP) is 3.52. The van der Waals surface area contributed by atoms with E-state index in [-0.39, 0.29) is 11.8 Å². The average molecular weight is 417 g/mol. The van der Waals surface area contributed by atoms with Gasteiger partial charge in [-0.2, -0.15) is 0 Å². The van der Waals surface area contributed by atoms with Crippen LogP contribution in [-0.4, -0.2) is 53.8 Å². The van der Waals surface area contributed by atoms with Gasteiger partial charge >= 0.3 is 0 Å². The molecule has 1 amide bonds. The van der Waals surface area contributed by atoms with Gasteiger partial charge in [-0.1, -0.05) is 12.8 Å². The van der Waals surface area contributed by atoms with Crippen LogP contribution in [0.25, 0.3) is 10.6 Å². The highest BCUT2D eigenvalue weighted by Gasteiger charge is 2.43. The van der Waals surface area contributed by atoms with Crippen molar-refractivity contribution >= 4 is 17.2 Å². The van der Waals surface area contributed by atoms with Crippen molar-refractivity contribution in [3.8, 4) is 22.1 Å². The summed E-state index contributed by atoms with van der Waals surface area (Å²) in [6.07, 6.45) is 5.13. The van der Waals surface area contributed by atoms with E-state index in [0.717, 1.165) is 41.9 Å². The summed E-state index contributed by atoms with van der Waals surface area (Å²) in [6, 6.07) is 5.71. The van der Waals surface area contributed by atoms with Gasteiger partial charge in [0.1, 0.15) is 5.01 Å². The Morgan fingerprint density at radius 2 is 2.10 bits per heavy atom. The van der Waals surface area contributed by atoms with E-state index in [0.29, 0.717) is 37.4 Å². The number of benzene rings is 1. The zero-order valence-electron chi connectivity index (χ0n) is 17.0. The summed E-state index contributed by atoms with van der Waals surface area (Å²) in [6.45, 7) is 1.31. The third-order valence-electron chi connectivity index (χ3n) is 6.29. The number of carbonyl (C=O) groups is 1. The molecule has 1 N–H and O–H groups in total. The minimum Gasteiger partial charge on any atom is -0.493 e. The molecule has 1 aliphatic heterocycles. The zero-order chi connectivity index (χ0) is 20.4. The van der Waals surface area contributed by atoms with Crippen molar-refractivity contribution in [1.29, 1.82) is 0 Å². The maximum absolute atomic E-state index is 12.8. The molecule has 2 heterocycles. The van der Waals surface area contributed by atoms with Gasteiger partial charge in [0.15, 0.2) is 11.5 Å². The molecule has 0 spiro atoms. The third kappa shape index (κ3) is 4.12. The largest absolute Gasteiger partial charge is 0.493 e. The van der Waals surface area contributed by atoms with Crippen molar-refractivity contribution in [2.75, 3.05) is 27.3 Å². The number of aromatic nitrogens is 1. The van der Waals surface area contributed by atoms with Crippen LogP contribution in [0, 0.1) is 5.92 Å². The van der Waals surface area contributed by atoms with E-state index in [9.17, 15) is 9.90 Å². The van der Waals surface area contributed by atoms with Gasteiger partial charge in [-0.05, 0) is 37.5 Å². The van der Waals surface area contributed by atoms with Gasteiger partial charge in [0, 0.05) is 30.0 Å². The maximum Gasteiger partial charge on any atom is 0.228 e. The third-order valence-corrected chi connectivity index (χ3v) is 7.24. The fourth-order valence-electron chi connectivity index (χ4n) is 4.55. The summed E-state index contributed by atoms with van der Waals surface area (Å²) in [7, 11) is 3.22. The molecule has 7 heteroatoms. The second-order valence-electron chi connectivity index (χ2n) is 8.03. The predicted molar refractivity (Wildman–Crippen MR) is 112 cm³/mol. The Bertz CT molecular complexity index is 883. The number of aliphatic hydroxyl groups is 1. The molecule has 1 saturated heterocycles. The van der Waals surface area contributed by atoms with Crippen molar-refractivity contribution in [1.82, 2.24) is 9.88 Å². The van der Waals surface area contributed by atoms with E-state index in [2.05, 4.69) is 4.98 Å². The number of methoxy groups -OCH3 is 2. The topological polar surface area (TPSA) is 71.9 Å². The second-order valence-corrected chi connectivity index (χ2v) is 8.88. The molecule has 29 heavy (non-hydrogen) atoms. The van der Waals surface area contributed by atoms with Crippen LogP contribution in [0.15, 0.2) is 23.6 Å². The fraction of sp³-hybridized carbons (Fsp3) is 0.545. The molecular weight excluding hydrogens is 388 g/mol. The van der Waals surface area contributed by atoms with Crippen molar-refractivity contribution in [3.63, 3.8) is 0 Å². The first-order valence-corrected chi connectivity index (χ1v) is 11.1. The number of hydrogen-bond donors (Lipinski definition) is 1. The molecule has 1 saturated carbocycles. The van der Waals surface area contributed by atoms with E-state index in [1.54, 1.807) is 14.2 Å². The van der Waals surface area contributed by atoms with Gasteiger partial charge < -0.3 is 19.5 Å². The number of ether oxygens (including phenoxy) is 2. The highest BCUT2D eigenvalue weighted by molar-refractivity contribution is 7.13. The Kier molecular flexibility index (Phi) is 5.79. The molecule has 2 aliphatic rings. The summed E-state index contributed by atoms with van der Waals surface area (Å²) in [5.41, 5.74) is 1.17. The van der Waals surface area contributed by atoms with Gasteiger partial charge in [-0.15, -0.1) is 11.3 Å². The number of piperidine rings is 1. The van der Waals surface area contributed by atoms with Crippen LogP contribution in [-0.2, 0) is 11.2 Å². The Labute approximate surface area is 175 Å². The summed E-state index contributed by atoms with van der Waals surface area (Å²) in [5, 5.41) is 13.6. The molecule has 2 atom stereocenters. The number of thiazole rings is 1. The van der Waals surface area contributed by atoms with E-state index in [4.69, 9.17) is 9.47 Å². The van der Waals surface area contributed by atoms with E-state index < -0.39 is 5.60 Å². The Morgan fingerprint density at radius 1 is 1.28 bits per heavy atom. The Balaban J connectivity index is 1.42. The molecule has 2 aromatic rings. The van der Waals surface area contributed by atoms with Crippen LogP contribution in [0.2, 0.25) is 0 Å². The molecule has 0 unspecified atom stereocenters. The monoisotopic (exact) mass is 416 g/mol. The number of carbonyl (C=O) groups excluding carboxylic acids is 1. The van der Waals surface area contributed by atoms with E-state index in [1.165, 1.54) is 11.3 Å². The first kappa shape index (κ1) is 20.2. The lowest BCUT2D eigenvalue weighted by Gasteiger charge is -2.47. The van der Waals surface area contributed by atoms with Crippen LogP contribution in [0.3, 0.4) is 0 Å². The molecule has 0 bridgehead atoms. The molecule has 156 valence electrons. The van der Waals surface area contributed by atoms with Gasteiger partial charge in [0.2, 0.25) is 5.91 Å². The molecule has 1 aliphatic carbocycles. The van der Waals surface area contributed by atoms with Crippen molar-refractivity contribution in [3.05, 3.63) is 29.3 Å². The van der Waals surface area contributed by atoms with Crippen LogP contribution < -0.4 is 9.47 Å². The average Bonchev–Trinajstić information content (AvgIpc) is 3.20. The first-order valence-electron chi connectivity index (χ1n) is 10.2. The number of rotatable bonds is 5. The first-order chi connectivity index (χ1) is 14.0. The van der Waals surface area contributed by atoms with Gasteiger partial charge in [-0.25, -0.2) is 4.98 Å². The quantitative estimate of drug-likeness (QED) is 0.807. The molecule has 0 radical (unpaired) electrons. The minimum absolute atomic E-state index is 0.0989. The van der Waals surface area contributed by atoms with E-state index in [1.807, 2.05) is 28.5 Å². The van der Waals surface area contributed by atoms with Crippen molar-refractivity contribution in [2.45, 2.75) is 44.1 Å². The summed E-state index contributed by atoms with van der Waals surface area (Å²) in [5.74, 6) is 1.65. The lowest BCUT2D eigenvalue weighted by molar-refractivity contribution is -0.142. The van der Waals surface area contributed by atoms with Crippen molar-refractivity contribution < 1.29 is 19.4 Å². The van der Waals surface area contributed by atoms with Gasteiger partial charge in [-0.3, -0.25) is 4.79 Å². The molecule has 4 rings (SSSR count). The number of nitrogens with zero attached hydrogens (tertiary/aromatic N) is 2. The van der Waals surface area contributed by atoms with E-state index >= 15 is 0 Å². The second kappa shape index (κ2) is 8.32. The molecule has 2 fully saturated rings. The summed E-state index contributed by atoms with van der Waals surface area (Å²) >= 11 is 1.52. The van der Waals surface area contributed by atoms with Crippen LogP contribution in [0.4, 0.5) is 0 Å². The minimum atomic E-state index is -0.559. The lowest BCUT2D eigenvalue weighted by Crippen LogP contribution is -2.54. The van der Waals surface area contributed by atoms with Gasteiger partial charge in [0.25, 0.3) is 0 Å². The summed E-state index contributed by atoms with van der Waals surface area (Å²) in [4.78, 5) is 19.4. The number of amides is 1. The fourth-order valence-corrected chi connectivity index (χ4v) is 5.37. The van der Waals surface area contributed by atoms with Crippen LogP contribution >= 0.6 is 11.3 Å². The van der Waals surface area contributed by atoms with Crippen LogP contribution in [0.5, 0.6) is 11.5 Å². The Morgan fingerprint density at radius 3 is 2.90 bits per heavy atom. The van der Waals surface area contributed by atoms with Crippen LogP contribution in [0.1, 0.15) is 37.8 Å². The summed E-state index contributed by atoms with van der Waals surface area (Å²) < 4.78 is 10.7. The lowest BCUT2D eigenvalue weighted by atomic mass is 9.71. The molecular formula is C22H28N2O4S. The number of fused-ring (bicyclic) bond motifs is 1. The SMILES string of the molecule is COc1ccc(-c2nc(CC(=O)N3CC[C@@]4(O)CCCC[C@@H]4C3)cs2)cc1OC. The Hall–Kier alpha value is -2.12. The standard InChI is InChI=1S/C22H28N2O4S/c1-27-18-7-6-15(11-19(18)28-2)21-23-17(14-29-21)12-20(25)24-10-9-22(26)8-4-3-5-16(22)13-24/h6-7,11,14,16,26H,3-5,8-10,12-13H2,1-2H3/t16-,22+/m1/s1. The molecule has 6 nitrogen and oxygen atoms in total. The van der Waals surface area contributed by atoms with Gasteiger partial charge in [0.05, 0.1) is 31.9 Å². The highest BCUT2D eigenvalue weighted by Crippen LogP contribution is 2.40. The normalized spacial score (nSPS) is 24.1. The zero-order valence-corrected chi connectivity index (χ0v) is 17.8. The maximum atomic E-state index is 12.8. The smallest absolute Gasteiger partial charge is 0.228 e. The molecule has 1 aromatic carbocycles. The highest BCUT2D eigenvalue weighted by atomic mass is 32.1. The van der Waals surface area contributed by atoms with Crippen molar-refractivity contribution in [2.24, 2.45) is 5.92 Å². The number of hydrogen-bond acceptors (Lipinski definition) is 6.